The van der Waals surface area contributed by atoms with Crippen molar-refractivity contribution in [3.05, 3.63) is 40.8 Å². The number of carbonyl (C=O) groups excluding carboxylic acids is 2. The van der Waals surface area contributed by atoms with E-state index in [9.17, 15) is 9.59 Å². The van der Waals surface area contributed by atoms with Gasteiger partial charge in [-0.2, -0.15) is 0 Å². The molecule has 1 aromatic carbocycles. The molecule has 0 bridgehead atoms. The van der Waals surface area contributed by atoms with Gasteiger partial charge in [-0.05, 0) is 44.9 Å². The van der Waals surface area contributed by atoms with E-state index in [0.717, 1.165) is 22.6 Å². The van der Waals surface area contributed by atoms with Crippen LogP contribution in [0.2, 0.25) is 0 Å². The van der Waals surface area contributed by atoms with Crippen LogP contribution in [-0.4, -0.2) is 48.7 Å². The van der Waals surface area contributed by atoms with Crippen LogP contribution >= 0.6 is 0 Å². The van der Waals surface area contributed by atoms with Gasteiger partial charge in [0.25, 0.3) is 0 Å². The molecule has 0 spiro atoms. The number of hydrogen-bond donors (Lipinski definition) is 1. The van der Waals surface area contributed by atoms with Gasteiger partial charge < -0.3 is 24.2 Å². The second-order valence-corrected chi connectivity index (χ2v) is 7.56. The lowest BCUT2D eigenvalue weighted by atomic mass is 10.1. The quantitative estimate of drug-likeness (QED) is 0.747. The minimum atomic E-state index is -0.0989. The molecule has 1 aromatic heterocycles. The second kappa shape index (κ2) is 9.65. The third-order valence-electron chi connectivity index (χ3n) is 5.54. The molecule has 8 heteroatoms. The minimum absolute atomic E-state index is 0.0484. The van der Waals surface area contributed by atoms with Crippen molar-refractivity contribution >= 4 is 11.8 Å². The highest BCUT2D eigenvalue weighted by molar-refractivity contribution is 5.80. The Hall–Kier alpha value is -3.03. The Kier molecular flexibility index (Phi) is 6.97. The molecule has 0 radical (unpaired) electrons. The maximum Gasteiger partial charge on any atom is 0.224 e. The number of likely N-dealkylation sites (tertiary alicyclic amines) is 1. The molecule has 1 fully saturated rings. The summed E-state index contributed by atoms with van der Waals surface area (Å²) in [5, 5.41) is 7.04. The molecule has 1 N–H and O–H groups in total. The van der Waals surface area contributed by atoms with Crippen LogP contribution in [0, 0.1) is 13.8 Å². The van der Waals surface area contributed by atoms with E-state index < -0.39 is 0 Å². The van der Waals surface area contributed by atoms with Crippen LogP contribution in [0.3, 0.4) is 0 Å². The number of rotatable bonds is 7. The molecule has 2 heterocycles. The molecule has 162 valence electrons. The van der Waals surface area contributed by atoms with Crippen LogP contribution < -0.4 is 14.8 Å². The molecule has 2 amide bonds. The summed E-state index contributed by atoms with van der Waals surface area (Å²) in [4.78, 5) is 27.0. The number of nitrogens with zero attached hydrogens (tertiary/aromatic N) is 2. The summed E-state index contributed by atoms with van der Waals surface area (Å²) < 4.78 is 15.8. The van der Waals surface area contributed by atoms with Gasteiger partial charge in [0.05, 0.1) is 32.9 Å². The van der Waals surface area contributed by atoms with Crippen LogP contribution in [0.15, 0.2) is 22.7 Å². The van der Waals surface area contributed by atoms with E-state index in [-0.39, 0.29) is 24.3 Å². The fourth-order valence-corrected chi connectivity index (χ4v) is 3.74. The van der Waals surface area contributed by atoms with Crippen molar-refractivity contribution in [2.45, 2.75) is 52.1 Å². The Bertz CT molecular complexity index is 889. The van der Waals surface area contributed by atoms with E-state index in [1.807, 2.05) is 18.7 Å². The first-order valence-electron chi connectivity index (χ1n) is 10.1. The molecule has 30 heavy (non-hydrogen) atoms. The van der Waals surface area contributed by atoms with Gasteiger partial charge in [-0.1, -0.05) is 5.16 Å². The van der Waals surface area contributed by atoms with Gasteiger partial charge in [0.15, 0.2) is 0 Å². The normalized spacial score (nSPS) is 16.9. The number of hydrogen-bond acceptors (Lipinski definition) is 6. The number of ether oxygens (including phenoxy) is 2. The topological polar surface area (TPSA) is 93.9 Å². The van der Waals surface area contributed by atoms with Gasteiger partial charge >= 0.3 is 0 Å². The standard InChI is InChI=1S/C22H29N3O5/c1-14-19(15(2)30-24-14)13-25-10-9-17(5-8-22(25)27)23-21(26)12-16-11-18(28-3)6-7-20(16)29-4/h6-7,11,17H,5,8-10,12-13H2,1-4H3,(H,23,26). The Morgan fingerprint density at radius 3 is 2.73 bits per heavy atom. The minimum Gasteiger partial charge on any atom is -0.497 e. The number of methoxy groups -OCH3 is 2. The molecule has 2 aromatic rings. The van der Waals surface area contributed by atoms with Gasteiger partial charge in [-0.15, -0.1) is 0 Å². The number of nitrogens with one attached hydrogen (secondary N) is 1. The van der Waals surface area contributed by atoms with Gasteiger partial charge in [0.2, 0.25) is 11.8 Å². The van der Waals surface area contributed by atoms with E-state index in [0.29, 0.717) is 43.9 Å². The van der Waals surface area contributed by atoms with Gasteiger partial charge in [0, 0.05) is 30.1 Å². The molecule has 1 aliphatic heterocycles. The SMILES string of the molecule is COc1ccc(OC)c(CC(=O)NC2CCC(=O)N(Cc3c(C)noc3C)CC2)c1. The maximum absolute atomic E-state index is 12.6. The zero-order valence-corrected chi connectivity index (χ0v) is 18.0. The third kappa shape index (κ3) is 5.11. The first kappa shape index (κ1) is 21.7. The number of carbonyl (C=O) groups is 2. The van der Waals surface area contributed by atoms with Gasteiger partial charge in [-0.25, -0.2) is 0 Å². The molecule has 1 aliphatic rings. The van der Waals surface area contributed by atoms with Crippen molar-refractivity contribution < 1.29 is 23.6 Å². The van der Waals surface area contributed by atoms with Crippen molar-refractivity contribution in [3.63, 3.8) is 0 Å². The lowest BCUT2D eigenvalue weighted by Gasteiger charge is -2.21. The summed E-state index contributed by atoms with van der Waals surface area (Å²) in [6.45, 7) is 4.80. The smallest absolute Gasteiger partial charge is 0.224 e. The van der Waals surface area contributed by atoms with E-state index >= 15 is 0 Å². The summed E-state index contributed by atoms with van der Waals surface area (Å²) in [6.07, 6.45) is 1.92. The highest BCUT2D eigenvalue weighted by Gasteiger charge is 2.25. The Labute approximate surface area is 176 Å². The number of aryl methyl sites for hydroxylation is 2. The highest BCUT2D eigenvalue weighted by atomic mass is 16.5. The summed E-state index contributed by atoms with van der Waals surface area (Å²) in [5.41, 5.74) is 2.52. The lowest BCUT2D eigenvalue weighted by Crippen LogP contribution is -2.36. The largest absolute Gasteiger partial charge is 0.497 e. The third-order valence-corrected chi connectivity index (χ3v) is 5.54. The van der Waals surface area contributed by atoms with E-state index in [2.05, 4.69) is 10.5 Å². The van der Waals surface area contributed by atoms with Crippen LogP contribution in [0.4, 0.5) is 0 Å². The summed E-state index contributed by atoms with van der Waals surface area (Å²) in [7, 11) is 3.16. The van der Waals surface area contributed by atoms with Crippen LogP contribution in [0.1, 0.15) is 41.8 Å². The van der Waals surface area contributed by atoms with Crippen LogP contribution in [-0.2, 0) is 22.6 Å². The summed E-state index contributed by atoms with van der Waals surface area (Å²) in [6, 6.07) is 5.34. The lowest BCUT2D eigenvalue weighted by molar-refractivity contribution is -0.131. The molecule has 1 saturated heterocycles. The number of aromatic nitrogens is 1. The first-order valence-corrected chi connectivity index (χ1v) is 10.1. The predicted molar refractivity (Wildman–Crippen MR) is 110 cm³/mol. The summed E-state index contributed by atoms with van der Waals surface area (Å²) in [5.74, 6) is 2.04. The maximum atomic E-state index is 12.6. The fourth-order valence-electron chi connectivity index (χ4n) is 3.74. The molecule has 1 atom stereocenters. The molecule has 0 aliphatic carbocycles. The van der Waals surface area contributed by atoms with Gasteiger partial charge in [-0.3, -0.25) is 9.59 Å². The average molecular weight is 415 g/mol. The monoisotopic (exact) mass is 415 g/mol. The second-order valence-electron chi connectivity index (χ2n) is 7.56. The van der Waals surface area contributed by atoms with E-state index in [1.54, 1.807) is 32.4 Å². The Balaban J connectivity index is 1.59. The summed E-state index contributed by atoms with van der Waals surface area (Å²) >= 11 is 0. The molecule has 8 nitrogen and oxygen atoms in total. The van der Waals surface area contributed by atoms with E-state index in [4.69, 9.17) is 14.0 Å². The van der Waals surface area contributed by atoms with Crippen LogP contribution in [0.5, 0.6) is 11.5 Å². The average Bonchev–Trinajstić information content (AvgIpc) is 2.94. The molecule has 0 saturated carbocycles. The molecular weight excluding hydrogens is 386 g/mol. The highest BCUT2D eigenvalue weighted by Crippen LogP contribution is 2.25. The van der Waals surface area contributed by atoms with Gasteiger partial charge in [0.1, 0.15) is 17.3 Å². The predicted octanol–water partition coefficient (Wildman–Crippen LogP) is 2.55. The van der Waals surface area contributed by atoms with Crippen molar-refractivity contribution in [3.8, 4) is 11.5 Å². The van der Waals surface area contributed by atoms with Crippen molar-refractivity contribution in [2.24, 2.45) is 0 Å². The molecular formula is C22H29N3O5. The number of benzene rings is 1. The Morgan fingerprint density at radius 2 is 2.07 bits per heavy atom. The Morgan fingerprint density at radius 1 is 1.27 bits per heavy atom. The van der Waals surface area contributed by atoms with Crippen molar-refractivity contribution in [1.82, 2.24) is 15.4 Å². The number of amides is 2. The van der Waals surface area contributed by atoms with Crippen LogP contribution in [0.25, 0.3) is 0 Å². The zero-order chi connectivity index (χ0) is 21.7. The molecule has 3 rings (SSSR count). The zero-order valence-electron chi connectivity index (χ0n) is 18.0. The molecule has 1 unspecified atom stereocenters. The first-order chi connectivity index (χ1) is 14.4. The van der Waals surface area contributed by atoms with Crippen molar-refractivity contribution in [2.75, 3.05) is 20.8 Å². The van der Waals surface area contributed by atoms with E-state index in [1.165, 1.54) is 0 Å². The fraction of sp³-hybridized carbons (Fsp3) is 0.500. The van der Waals surface area contributed by atoms with Crippen molar-refractivity contribution in [1.29, 1.82) is 0 Å².